The normalized spacial score (nSPS) is 37.5. The molecule has 4 nitrogen and oxygen atoms in total. The van der Waals surface area contributed by atoms with Crippen LogP contribution >= 0.6 is 0 Å². The molecule has 6 rings (SSSR count). The van der Waals surface area contributed by atoms with E-state index in [2.05, 4.69) is 27.1 Å². The Morgan fingerprint density at radius 3 is 2.50 bits per heavy atom. The molecule has 1 aromatic heterocycles. The van der Waals surface area contributed by atoms with Gasteiger partial charge < -0.3 is 5.32 Å². The van der Waals surface area contributed by atoms with Crippen LogP contribution in [0.25, 0.3) is 0 Å². The monoisotopic (exact) mass is 326 g/mol. The van der Waals surface area contributed by atoms with Gasteiger partial charge in [0, 0.05) is 25.2 Å². The molecule has 1 aromatic rings. The lowest BCUT2D eigenvalue weighted by atomic mass is 9.49. The van der Waals surface area contributed by atoms with E-state index in [0.717, 1.165) is 56.2 Å². The molecular weight excluding hydrogens is 296 g/mol. The van der Waals surface area contributed by atoms with E-state index in [-0.39, 0.29) is 0 Å². The van der Waals surface area contributed by atoms with E-state index in [1.165, 1.54) is 49.8 Å². The minimum Gasteiger partial charge on any atom is -0.369 e. The van der Waals surface area contributed by atoms with Gasteiger partial charge in [0.05, 0.1) is 5.69 Å². The van der Waals surface area contributed by atoms with E-state index < -0.39 is 0 Å². The van der Waals surface area contributed by atoms with Crippen LogP contribution in [0.15, 0.2) is 6.33 Å². The van der Waals surface area contributed by atoms with Crippen LogP contribution < -0.4 is 5.32 Å². The summed E-state index contributed by atoms with van der Waals surface area (Å²) in [6.45, 7) is 6.61. The SMILES string of the molecule is CCN1CCc2c(ncnc2NCC23CC4CC(CC(C4)C2)C3)C1. The summed E-state index contributed by atoms with van der Waals surface area (Å²) in [7, 11) is 0. The molecule has 24 heavy (non-hydrogen) atoms. The van der Waals surface area contributed by atoms with Gasteiger partial charge in [0.1, 0.15) is 12.1 Å². The molecule has 0 radical (unpaired) electrons. The summed E-state index contributed by atoms with van der Waals surface area (Å²) in [6, 6.07) is 0. The average Bonchev–Trinajstić information content (AvgIpc) is 2.58. The quantitative estimate of drug-likeness (QED) is 0.920. The Morgan fingerprint density at radius 2 is 1.83 bits per heavy atom. The number of hydrogen-bond acceptors (Lipinski definition) is 4. The molecule has 2 heterocycles. The highest BCUT2D eigenvalue weighted by atomic mass is 15.1. The predicted octanol–water partition coefficient (Wildman–Crippen LogP) is 3.48. The highest BCUT2D eigenvalue weighted by Gasteiger charge is 2.50. The molecule has 5 aliphatic rings. The van der Waals surface area contributed by atoms with Gasteiger partial charge in [0.15, 0.2) is 0 Å². The van der Waals surface area contributed by atoms with Crippen molar-refractivity contribution in [1.29, 1.82) is 0 Å². The number of aromatic nitrogens is 2. The van der Waals surface area contributed by atoms with E-state index in [9.17, 15) is 0 Å². The van der Waals surface area contributed by atoms with Gasteiger partial charge in [-0.2, -0.15) is 0 Å². The third-order valence-electron chi connectivity index (χ3n) is 7.33. The molecule has 4 aliphatic carbocycles. The zero-order chi connectivity index (χ0) is 16.1. The van der Waals surface area contributed by atoms with Crippen molar-refractivity contribution in [2.75, 3.05) is 25.0 Å². The standard InChI is InChI=1S/C20H30N4/c1-2-24-4-3-17-18(11-24)22-13-23-19(17)21-12-20-8-14-5-15(9-20)7-16(6-14)10-20/h13-16H,2-12H2,1H3,(H,21,22,23). The van der Waals surface area contributed by atoms with Crippen molar-refractivity contribution in [3.63, 3.8) is 0 Å². The zero-order valence-corrected chi connectivity index (χ0v) is 14.9. The van der Waals surface area contributed by atoms with Gasteiger partial charge in [-0.15, -0.1) is 0 Å². The van der Waals surface area contributed by atoms with Crippen molar-refractivity contribution in [1.82, 2.24) is 14.9 Å². The zero-order valence-electron chi connectivity index (χ0n) is 14.9. The first-order valence-corrected chi connectivity index (χ1v) is 10.0. The van der Waals surface area contributed by atoms with E-state index in [1.54, 1.807) is 6.33 Å². The third-order valence-corrected chi connectivity index (χ3v) is 7.33. The number of likely N-dealkylation sites (N-methyl/N-ethyl adjacent to an activating group) is 1. The lowest BCUT2D eigenvalue weighted by molar-refractivity contribution is -0.0444. The minimum absolute atomic E-state index is 0.566. The molecule has 130 valence electrons. The van der Waals surface area contributed by atoms with Crippen molar-refractivity contribution in [2.24, 2.45) is 23.2 Å². The second-order valence-electron chi connectivity index (χ2n) is 9.04. The first kappa shape index (κ1) is 15.1. The lowest BCUT2D eigenvalue weighted by Crippen LogP contribution is -2.49. The number of hydrogen-bond donors (Lipinski definition) is 1. The molecule has 4 saturated carbocycles. The van der Waals surface area contributed by atoms with Gasteiger partial charge in [-0.05, 0) is 74.7 Å². The summed E-state index contributed by atoms with van der Waals surface area (Å²) in [5.74, 6) is 4.20. The van der Waals surface area contributed by atoms with Gasteiger partial charge in [-0.3, -0.25) is 4.90 Å². The van der Waals surface area contributed by atoms with Gasteiger partial charge >= 0.3 is 0 Å². The Balaban J connectivity index is 1.33. The second kappa shape index (κ2) is 5.69. The molecule has 0 saturated heterocycles. The summed E-state index contributed by atoms with van der Waals surface area (Å²) in [6.07, 6.45) is 11.8. The number of rotatable bonds is 4. The summed E-state index contributed by atoms with van der Waals surface area (Å²) >= 11 is 0. The van der Waals surface area contributed by atoms with Gasteiger partial charge in [0.25, 0.3) is 0 Å². The summed E-state index contributed by atoms with van der Waals surface area (Å²) < 4.78 is 0. The maximum atomic E-state index is 4.62. The maximum absolute atomic E-state index is 4.62. The number of nitrogens with zero attached hydrogens (tertiary/aromatic N) is 3. The molecule has 0 aromatic carbocycles. The smallest absolute Gasteiger partial charge is 0.132 e. The first-order chi connectivity index (χ1) is 11.7. The van der Waals surface area contributed by atoms with Crippen LogP contribution in [0.4, 0.5) is 5.82 Å². The fraction of sp³-hybridized carbons (Fsp3) is 0.800. The topological polar surface area (TPSA) is 41.1 Å². The van der Waals surface area contributed by atoms with Crippen LogP contribution in [0.1, 0.15) is 56.7 Å². The van der Waals surface area contributed by atoms with Crippen LogP contribution in [-0.4, -0.2) is 34.5 Å². The Hall–Kier alpha value is -1.16. The Bertz CT molecular complexity index is 591. The van der Waals surface area contributed by atoms with Crippen molar-refractivity contribution >= 4 is 5.82 Å². The van der Waals surface area contributed by atoms with E-state index in [0.29, 0.717) is 5.41 Å². The van der Waals surface area contributed by atoms with Crippen LogP contribution in [0.3, 0.4) is 0 Å². The Labute approximate surface area is 145 Å². The Kier molecular flexibility index (Phi) is 3.58. The summed E-state index contributed by atoms with van der Waals surface area (Å²) in [4.78, 5) is 11.6. The van der Waals surface area contributed by atoms with Gasteiger partial charge in [-0.25, -0.2) is 9.97 Å². The van der Waals surface area contributed by atoms with Crippen molar-refractivity contribution in [2.45, 2.75) is 58.4 Å². The van der Waals surface area contributed by atoms with E-state index in [4.69, 9.17) is 0 Å². The average molecular weight is 326 g/mol. The molecule has 4 bridgehead atoms. The highest BCUT2D eigenvalue weighted by molar-refractivity contribution is 5.47. The molecule has 0 spiro atoms. The fourth-order valence-electron chi connectivity index (χ4n) is 6.61. The largest absolute Gasteiger partial charge is 0.369 e. The van der Waals surface area contributed by atoms with Gasteiger partial charge in [-0.1, -0.05) is 6.92 Å². The number of nitrogens with one attached hydrogen (secondary N) is 1. The highest BCUT2D eigenvalue weighted by Crippen LogP contribution is 2.59. The summed E-state index contributed by atoms with van der Waals surface area (Å²) in [5.41, 5.74) is 3.19. The van der Waals surface area contributed by atoms with Crippen LogP contribution in [0.2, 0.25) is 0 Å². The summed E-state index contributed by atoms with van der Waals surface area (Å²) in [5, 5.41) is 3.79. The van der Waals surface area contributed by atoms with Crippen LogP contribution in [0.5, 0.6) is 0 Å². The lowest BCUT2D eigenvalue weighted by Gasteiger charge is -2.57. The van der Waals surface area contributed by atoms with E-state index in [1.807, 2.05) is 0 Å². The molecule has 1 aliphatic heterocycles. The van der Waals surface area contributed by atoms with Crippen LogP contribution in [0, 0.1) is 23.2 Å². The third kappa shape index (κ3) is 2.54. The molecule has 0 amide bonds. The van der Waals surface area contributed by atoms with Crippen LogP contribution in [-0.2, 0) is 13.0 Å². The molecule has 1 N–H and O–H groups in total. The molecule has 0 atom stereocenters. The molecule has 4 fully saturated rings. The van der Waals surface area contributed by atoms with E-state index >= 15 is 0 Å². The minimum atomic E-state index is 0.566. The molecule has 0 unspecified atom stereocenters. The maximum Gasteiger partial charge on any atom is 0.132 e. The van der Waals surface area contributed by atoms with Crippen molar-refractivity contribution in [3.05, 3.63) is 17.6 Å². The molecular formula is C20H30N4. The molecule has 4 heteroatoms. The fourth-order valence-corrected chi connectivity index (χ4v) is 6.61. The number of fused-ring (bicyclic) bond motifs is 1. The van der Waals surface area contributed by atoms with Crippen molar-refractivity contribution < 1.29 is 0 Å². The second-order valence-corrected chi connectivity index (χ2v) is 9.04. The van der Waals surface area contributed by atoms with Gasteiger partial charge in [0.2, 0.25) is 0 Å². The number of anilines is 1. The Morgan fingerprint density at radius 1 is 1.12 bits per heavy atom. The predicted molar refractivity (Wildman–Crippen MR) is 95.8 cm³/mol. The van der Waals surface area contributed by atoms with Crippen molar-refractivity contribution in [3.8, 4) is 0 Å². The first-order valence-electron chi connectivity index (χ1n) is 10.0.